The van der Waals surface area contributed by atoms with Gasteiger partial charge >= 0.3 is 5.97 Å². The van der Waals surface area contributed by atoms with Crippen LogP contribution in [0.4, 0.5) is 0 Å². The average molecular weight is 375 g/mol. The maximum absolute atomic E-state index is 11.1. The zero-order chi connectivity index (χ0) is 13.3. The van der Waals surface area contributed by atoms with Crippen LogP contribution in [-0.4, -0.2) is 22.8 Å². The predicted octanol–water partition coefficient (Wildman–Crippen LogP) is 3.71. The Kier molecular flexibility index (Phi) is 3.77. The Hall–Kier alpha value is -1.27. The molecular weight excluding hydrogens is 366 g/mol. The van der Waals surface area contributed by atoms with E-state index in [4.69, 9.17) is 9.84 Å². The first-order valence-corrected chi connectivity index (χ1v) is 6.57. The summed E-state index contributed by atoms with van der Waals surface area (Å²) in [4.78, 5) is 11.1. The highest BCUT2D eigenvalue weighted by Gasteiger charge is 2.14. The summed E-state index contributed by atoms with van der Waals surface area (Å²) >= 11 is 6.79. The van der Waals surface area contributed by atoms with Gasteiger partial charge in [0.05, 0.1) is 17.3 Å². The Morgan fingerprint density at radius 2 is 2.06 bits per heavy atom. The molecule has 2 rings (SSSR count). The highest BCUT2D eigenvalue weighted by atomic mass is 79.9. The molecular formula is C12H9Br2NO3. The Morgan fingerprint density at radius 3 is 2.67 bits per heavy atom. The number of hydrogen-bond acceptors (Lipinski definition) is 2. The van der Waals surface area contributed by atoms with Gasteiger partial charge < -0.3 is 14.4 Å². The van der Waals surface area contributed by atoms with Crippen LogP contribution in [0, 0.1) is 0 Å². The molecule has 1 N–H and O–H groups in total. The van der Waals surface area contributed by atoms with Crippen LogP contribution in [0.3, 0.4) is 0 Å². The Bertz CT molecular complexity index is 607. The molecule has 0 atom stereocenters. The molecule has 4 nitrogen and oxygen atoms in total. The van der Waals surface area contributed by atoms with Gasteiger partial charge in [0.2, 0.25) is 0 Å². The third kappa shape index (κ3) is 2.30. The van der Waals surface area contributed by atoms with Gasteiger partial charge in [-0.3, -0.25) is 0 Å². The van der Waals surface area contributed by atoms with E-state index in [-0.39, 0.29) is 5.69 Å². The monoisotopic (exact) mass is 373 g/mol. The molecule has 6 heteroatoms. The molecule has 2 aromatic rings. The van der Waals surface area contributed by atoms with Gasteiger partial charge in [-0.05, 0) is 50.1 Å². The molecule has 18 heavy (non-hydrogen) atoms. The van der Waals surface area contributed by atoms with Crippen LogP contribution in [-0.2, 0) is 0 Å². The van der Waals surface area contributed by atoms with E-state index in [0.717, 1.165) is 8.95 Å². The quantitative estimate of drug-likeness (QED) is 0.890. The number of carboxylic acid groups (broad SMARTS) is 1. The first kappa shape index (κ1) is 13.2. The van der Waals surface area contributed by atoms with E-state index in [9.17, 15) is 4.79 Å². The Morgan fingerprint density at radius 1 is 1.33 bits per heavy atom. The summed E-state index contributed by atoms with van der Waals surface area (Å²) in [5, 5.41) is 9.11. The van der Waals surface area contributed by atoms with E-state index in [1.165, 1.54) is 0 Å². The van der Waals surface area contributed by atoms with Gasteiger partial charge in [0, 0.05) is 16.7 Å². The van der Waals surface area contributed by atoms with E-state index in [2.05, 4.69) is 31.9 Å². The van der Waals surface area contributed by atoms with E-state index in [1.807, 2.05) is 6.07 Å². The van der Waals surface area contributed by atoms with Crippen molar-refractivity contribution < 1.29 is 14.6 Å². The molecule has 0 aliphatic rings. The predicted molar refractivity (Wildman–Crippen MR) is 74.7 cm³/mol. The van der Waals surface area contributed by atoms with Gasteiger partial charge in [0.1, 0.15) is 11.4 Å². The molecule has 1 aromatic heterocycles. The average Bonchev–Trinajstić information content (AvgIpc) is 2.78. The van der Waals surface area contributed by atoms with Crippen molar-refractivity contribution in [2.24, 2.45) is 0 Å². The number of rotatable bonds is 3. The smallest absolute Gasteiger partial charge is 0.352 e. The molecule has 1 heterocycles. The van der Waals surface area contributed by atoms with Crippen molar-refractivity contribution in [3.8, 4) is 11.4 Å². The van der Waals surface area contributed by atoms with Crippen LogP contribution in [0.2, 0.25) is 0 Å². The van der Waals surface area contributed by atoms with Crippen molar-refractivity contribution in [1.29, 1.82) is 0 Å². The number of aromatic carboxylic acids is 1. The lowest BCUT2D eigenvalue weighted by Crippen LogP contribution is -2.06. The highest BCUT2D eigenvalue weighted by molar-refractivity contribution is 9.11. The fraction of sp³-hybridized carbons (Fsp3) is 0.0833. The van der Waals surface area contributed by atoms with Crippen LogP contribution in [0.25, 0.3) is 5.69 Å². The van der Waals surface area contributed by atoms with Crippen LogP contribution < -0.4 is 4.74 Å². The van der Waals surface area contributed by atoms with E-state index >= 15 is 0 Å². The molecule has 0 unspecified atom stereocenters. The normalized spacial score (nSPS) is 10.4. The van der Waals surface area contributed by atoms with E-state index in [1.54, 1.807) is 36.1 Å². The van der Waals surface area contributed by atoms with Gasteiger partial charge in [0.25, 0.3) is 0 Å². The second-order valence-corrected chi connectivity index (χ2v) is 5.22. The van der Waals surface area contributed by atoms with Crippen molar-refractivity contribution in [2.75, 3.05) is 7.11 Å². The highest BCUT2D eigenvalue weighted by Crippen LogP contribution is 2.34. The number of ether oxygens (including phenoxy) is 1. The summed E-state index contributed by atoms with van der Waals surface area (Å²) in [6, 6.07) is 6.81. The molecule has 0 aliphatic heterocycles. The number of nitrogens with zero attached hydrogens (tertiary/aromatic N) is 1. The van der Waals surface area contributed by atoms with Gasteiger partial charge in [-0.15, -0.1) is 0 Å². The number of benzene rings is 1. The maximum Gasteiger partial charge on any atom is 0.352 e. The molecule has 0 amide bonds. The molecule has 1 aromatic carbocycles. The minimum atomic E-state index is -0.978. The molecule has 0 fully saturated rings. The number of carbonyl (C=O) groups is 1. The molecule has 0 saturated heterocycles. The minimum absolute atomic E-state index is 0.195. The van der Waals surface area contributed by atoms with Crippen molar-refractivity contribution >= 4 is 37.8 Å². The fourth-order valence-corrected chi connectivity index (χ4v) is 2.97. The van der Waals surface area contributed by atoms with Crippen molar-refractivity contribution in [1.82, 2.24) is 4.57 Å². The standard InChI is InChI=1S/C12H9Br2NO3/c1-18-11-6-10(7(13)5-8(11)14)15-4-2-3-9(15)12(16)17/h2-6H,1H3,(H,16,17). The molecule has 0 bridgehead atoms. The number of carboxylic acids is 1. The zero-order valence-corrected chi connectivity index (χ0v) is 12.5. The summed E-state index contributed by atoms with van der Waals surface area (Å²) in [6.45, 7) is 0. The lowest BCUT2D eigenvalue weighted by molar-refractivity contribution is 0.0688. The lowest BCUT2D eigenvalue weighted by atomic mass is 10.3. The topological polar surface area (TPSA) is 51.5 Å². The summed E-state index contributed by atoms with van der Waals surface area (Å²) in [5.41, 5.74) is 0.900. The molecule has 0 aliphatic carbocycles. The van der Waals surface area contributed by atoms with Crippen LogP contribution in [0.1, 0.15) is 10.5 Å². The first-order valence-electron chi connectivity index (χ1n) is 4.98. The molecule has 0 spiro atoms. The van der Waals surface area contributed by atoms with Crippen LogP contribution in [0.15, 0.2) is 39.4 Å². The lowest BCUT2D eigenvalue weighted by Gasteiger charge is -2.12. The number of hydrogen-bond donors (Lipinski definition) is 1. The van der Waals surface area contributed by atoms with Crippen molar-refractivity contribution in [3.63, 3.8) is 0 Å². The first-order chi connectivity index (χ1) is 8.54. The molecule has 94 valence electrons. The van der Waals surface area contributed by atoms with Gasteiger partial charge in [-0.2, -0.15) is 0 Å². The Balaban J connectivity index is 2.63. The summed E-state index contributed by atoms with van der Waals surface area (Å²) in [5.74, 6) is -0.341. The second kappa shape index (κ2) is 5.16. The Labute approximate surface area is 120 Å². The van der Waals surface area contributed by atoms with Crippen molar-refractivity contribution in [2.45, 2.75) is 0 Å². The minimum Gasteiger partial charge on any atom is -0.495 e. The summed E-state index contributed by atoms with van der Waals surface area (Å²) < 4.78 is 8.36. The SMILES string of the molecule is COc1cc(-n2cccc2C(=O)O)c(Br)cc1Br. The van der Waals surface area contributed by atoms with Crippen LogP contribution >= 0.6 is 31.9 Å². The number of halogens is 2. The maximum atomic E-state index is 11.1. The number of methoxy groups -OCH3 is 1. The second-order valence-electron chi connectivity index (χ2n) is 3.51. The van der Waals surface area contributed by atoms with E-state index in [0.29, 0.717) is 11.4 Å². The number of aromatic nitrogens is 1. The van der Waals surface area contributed by atoms with Gasteiger partial charge in [-0.25, -0.2) is 4.79 Å². The third-order valence-corrected chi connectivity index (χ3v) is 3.70. The summed E-state index contributed by atoms with van der Waals surface area (Å²) in [6.07, 6.45) is 1.69. The van der Waals surface area contributed by atoms with Gasteiger partial charge in [-0.1, -0.05) is 0 Å². The molecule has 0 radical (unpaired) electrons. The zero-order valence-electron chi connectivity index (χ0n) is 9.35. The third-order valence-electron chi connectivity index (χ3n) is 2.45. The van der Waals surface area contributed by atoms with Crippen LogP contribution in [0.5, 0.6) is 5.75 Å². The van der Waals surface area contributed by atoms with Crippen molar-refractivity contribution in [3.05, 3.63) is 45.1 Å². The summed E-state index contributed by atoms with van der Waals surface area (Å²) in [7, 11) is 1.56. The van der Waals surface area contributed by atoms with E-state index < -0.39 is 5.97 Å². The largest absolute Gasteiger partial charge is 0.495 e. The molecule has 0 saturated carbocycles. The van der Waals surface area contributed by atoms with Gasteiger partial charge in [0.15, 0.2) is 0 Å². The fourth-order valence-electron chi connectivity index (χ4n) is 1.62.